The van der Waals surface area contributed by atoms with Crippen molar-refractivity contribution in [3.05, 3.63) is 97.6 Å². The van der Waals surface area contributed by atoms with E-state index in [1.807, 2.05) is 0 Å². The van der Waals surface area contributed by atoms with Gasteiger partial charge in [-0.3, -0.25) is 33.6 Å². The van der Waals surface area contributed by atoms with Crippen molar-refractivity contribution in [1.29, 1.82) is 0 Å². The summed E-state index contributed by atoms with van der Waals surface area (Å²) in [6.45, 7) is 1.12. The minimum atomic E-state index is -2.08. The van der Waals surface area contributed by atoms with E-state index in [4.69, 9.17) is 20.2 Å². The Bertz CT molecular complexity index is 3120. The minimum absolute atomic E-state index is 0.00948. The zero-order chi connectivity index (χ0) is 55.6. The van der Waals surface area contributed by atoms with Crippen molar-refractivity contribution in [3.63, 3.8) is 0 Å². The fourth-order valence-corrected chi connectivity index (χ4v) is 10.1. The van der Waals surface area contributed by atoms with Crippen LogP contribution in [0.1, 0.15) is 84.0 Å². The molecule has 5 heterocycles. The first-order valence-electron chi connectivity index (χ1n) is 24.9. The predicted octanol–water partition coefficient (Wildman–Crippen LogP) is -2.79. The number of aromatic nitrogens is 2. The van der Waals surface area contributed by atoms with Gasteiger partial charge in [-0.05, 0) is 67.3 Å². The molecule has 6 amide bonds. The number of carboxylic acids is 1. The molecule has 25 nitrogen and oxygen atoms in total. The van der Waals surface area contributed by atoms with Crippen molar-refractivity contribution < 1.29 is 77.8 Å². The first-order valence-corrected chi connectivity index (χ1v) is 24.9. The SMILES string of the molecule is CC[C@@]1(O)C(=O)OCc2c1cc1n(c2=O)Cc2c-1nc1cc(F)c(C)c3c1c2[C@@H](NC(=O)CNC(=O)[C@H](Cc1ccccc1)NC(=O)CNC(=O)CNC(=O)[C@@H](N)CCCC(=O)N[C@H]1O[C@H](C(=O)O)[C@@H](O)[C@H](O)[C@H]1O)CC3. The summed E-state index contributed by atoms with van der Waals surface area (Å²) in [5.41, 5.74) is 7.35. The second kappa shape index (κ2) is 22.8. The lowest BCUT2D eigenvalue weighted by Gasteiger charge is -2.38. The number of carbonyl (C=O) groups excluding carboxylic acids is 7. The van der Waals surface area contributed by atoms with E-state index in [1.165, 1.54) is 10.6 Å². The van der Waals surface area contributed by atoms with Crippen LogP contribution in [0, 0.1) is 12.7 Å². The van der Waals surface area contributed by atoms with Gasteiger partial charge in [0.2, 0.25) is 35.4 Å². The molecule has 0 spiro atoms. The number of hydrogen-bond donors (Lipinski definition) is 12. The molecule has 2 aromatic heterocycles. The van der Waals surface area contributed by atoms with Crippen LogP contribution in [0.3, 0.4) is 0 Å². The number of fused-ring (bicyclic) bond motifs is 5. The van der Waals surface area contributed by atoms with Gasteiger partial charge in [-0.25, -0.2) is 19.0 Å². The average Bonchev–Trinajstić information content (AvgIpc) is 4.08. The molecule has 26 heteroatoms. The Balaban J connectivity index is 0.857. The van der Waals surface area contributed by atoms with E-state index < -0.39 is 133 Å². The number of ether oxygens (including phenoxy) is 2. The zero-order valence-electron chi connectivity index (χ0n) is 41.7. The van der Waals surface area contributed by atoms with Gasteiger partial charge in [0.25, 0.3) is 5.56 Å². The normalized spacial score (nSPS) is 22.7. The van der Waals surface area contributed by atoms with Gasteiger partial charge in [0, 0.05) is 35.4 Å². The Labute approximate surface area is 437 Å². The molecule has 77 heavy (non-hydrogen) atoms. The van der Waals surface area contributed by atoms with Gasteiger partial charge < -0.3 is 77.2 Å². The number of aliphatic hydroxyl groups is 4. The van der Waals surface area contributed by atoms with Gasteiger partial charge in [0.1, 0.15) is 36.8 Å². The zero-order valence-corrected chi connectivity index (χ0v) is 41.7. The molecule has 0 bridgehead atoms. The highest BCUT2D eigenvalue weighted by molar-refractivity contribution is 5.96. The number of aliphatic carboxylic acids is 1. The minimum Gasteiger partial charge on any atom is -0.479 e. The van der Waals surface area contributed by atoms with E-state index >= 15 is 4.39 Å². The number of benzene rings is 2. The Morgan fingerprint density at radius 3 is 2.30 bits per heavy atom. The summed E-state index contributed by atoms with van der Waals surface area (Å²) in [5, 5.41) is 66.1. The van der Waals surface area contributed by atoms with E-state index in [0.717, 1.165) is 0 Å². The molecule has 4 aromatic rings. The molecule has 0 unspecified atom stereocenters. The van der Waals surface area contributed by atoms with Crippen LogP contribution in [0.5, 0.6) is 0 Å². The molecule has 4 aliphatic rings. The number of hydrogen-bond acceptors (Lipinski definition) is 17. The van der Waals surface area contributed by atoms with Crippen LogP contribution >= 0.6 is 0 Å². The molecule has 3 aliphatic heterocycles. The number of carboxylic acid groups (broad SMARTS) is 1. The van der Waals surface area contributed by atoms with Gasteiger partial charge >= 0.3 is 11.9 Å². The summed E-state index contributed by atoms with van der Waals surface area (Å²) < 4.78 is 27.1. The van der Waals surface area contributed by atoms with E-state index in [-0.39, 0.29) is 61.9 Å². The van der Waals surface area contributed by atoms with Crippen LogP contribution in [0.15, 0.2) is 47.3 Å². The second-order valence-electron chi connectivity index (χ2n) is 19.3. The lowest BCUT2D eigenvalue weighted by molar-refractivity contribution is -0.233. The fourth-order valence-electron chi connectivity index (χ4n) is 10.1. The number of halogens is 1. The second-order valence-corrected chi connectivity index (χ2v) is 19.3. The molecule has 0 radical (unpaired) electrons. The first-order chi connectivity index (χ1) is 36.6. The van der Waals surface area contributed by atoms with Gasteiger partial charge in [-0.2, -0.15) is 0 Å². The van der Waals surface area contributed by atoms with Crippen LogP contribution < -0.4 is 43.2 Å². The molecule has 1 fully saturated rings. The van der Waals surface area contributed by atoms with E-state index in [9.17, 15) is 68.7 Å². The van der Waals surface area contributed by atoms with Crippen LogP contribution in [0.4, 0.5) is 4.39 Å². The molecule has 2 aromatic carbocycles. The number of pyridine rings is 2. The van der Waals surface area contributed by atoms with Crippen LogP contribution in [0.2, 0.25) is 0 Å². The maximum atomic E-state index is 15.5. The van der Waals surface area contributed by atoms with Crippen LogP contribution in [0.25, 0.3) is 22.3 Å². The number of cyclic esters (lactones) is 1. The third-order valence-electron chi connectivity index (χ3n) is 14.4. The third-order valence-corrected chi connectivity index (χ3v) is 14.4. The number of nitrogens with one attached hydrogen (secondary N) is 6. The van der Waals surface area contributed by atoms with Crippen molar-refractivity contribution in [1.82, 2.24) is 41.5 Å². The van der Waals surface area contributed by atoms with Crippen molar-refractivity contribution in [3.8, 4) is 11.4 Å². The topological polar surface area (TPSA) is 389 Å². The Morgan fingerprint density at radius 1 is 0.883 bits per heavy atom. The standard InChI is InChI=1S/C51H58FN9O16/c1-3-51(75)27-15-33-40-25(20-61(33)48(71)26(27)21-76-50(51)74)39-30(13-12-24-22(2)28(52)16-31(59-40)38(24)39)57-37(65)19-56-46(70)32(14-23-8-5-4-6-9-23)58-36(64)18-54-35(63)17-55-45(69)29(53)10-7-11-34(62)60-47-43(68)41(66)42(67)44(77-47)49(72)73/h4-6,8-9,15-16,29-30,32,41-44,47,66-68,75H,3,7,10-14,17-21,53H2,1-2H3,(H,54,63)(H,55,69)(H,56,70)(H,57,65)(H,58,64)(H,60,62)(H,72,73)/t29-,30-,32-,41-,42-,43+,44-,47-,51-/m0/s1. The van der Waals surface area contributed by atoms with E-state index in [1.54, 1.807) is 50.2 Å². The quantitative estimate of drug-likeness (QED) is 0.0372. The van der Waals surface area contributed by atoms with Gasteiger partial charge in [-0.15, -0.1) is 0 Å². The smallest absolute Gasteiger partial charge is 0.343 e. The number of nitrogens with two attached hydrogens (primary N) is 1. The number of aryl methyl sites for hydroxylation is 1. The number of esters is 1. The lowest BCUT2D eigenvalue weighted by Crippen LogP contribution is -2.64. The number of amides is 6. The van der Waals surface area contributed by atoms with Gasteiger partial charge in [-0.1, -0.05) is 37.3 Å². The molecular formula is C51H58FN9O16. The molecule has 8 rings (SSSR count). The predicted molar refractivity (Wildman–Crippen MR) is 264 cm³/mol. The lowest BCUT2D eigenvalue weighted by atomic mass is 9.81. The van der Waals surface area contributed by atoms with Gasteiger partial charge in [0.05, 0.1) is 60.7 Å². The van der Waals surface area contributed by atoms with Crippen LogP contribution in [-0.2, 0) is 79.4 Å². The molecule has 13 N–H and O–H groups in total. The molecule has 1 aliphatic carbocycles. The third kappa shape index (κ3) is 11.4. The number of nitrogens with zero attached hydrogens (tertiary/aromatic N) is 2. The summed E-state index contributed by atoms with van der Waals surface area (Å²) in [4.78, 5) is 121. The summed E-state index contributed by atoms with van der Waals surface area (Å²) in [6, 6.07) is 8.33. The fraction of sp³-hybridized carbons (Fsp3) is 0.451. The highest BCUT2D eigenvalue weighted by Gasteiger charge is 2.48. The Hall–Kier alpha value is -7.75. The number of carbonyl (C=O) groups is 8. The molecule has 9 atom stereocenters. The largest absolute Gasteiger partial charge is 0.479 e. The maximum absolute atomic E-state index is 15.5. The van der Waals surface area contributed by atoms with Crippen molar-refractivity contribution in [2.24, 2.45) is 5.73 Å². The first kappa shape index (κ1) is 55.5. The van der Waals surface area contributed by atoms with E-state index in [0.29, 0.717) is 57.4 Å². The summed E-state index contributed by atoms with van der Waals surface area (Å²) in [5.74, 6) is -7.50. The maximum Gasteiger partial charge on any atom is 0.343 e. The van der Waals surface area contributed by atoms with Gasteiger partial charge in [0.15, 0.2) is 17.9 Å². The molecule has 1 saturated heterocycles. The summed E-state index contributed by atoms with van der Waals surface area (Å²) in [6.07, 6.45) is -9.04. The van der Waals surface area contributed by atoms with Crippen molar-refractivity contribution in [2.45, 2.75) is 126 Å². The van der Waals surface area contributed by atoms with Crippen molar-refractivity contribution in [2.75, 3.05) is 19.6 Å². The molecular weight excluding hydrogens is 1010 g/mol. The highest BCUT2D eigenvalue weighted by atomic mass is 19.1. The summed E-state index contributed by atoms with van der Waals surface area (Å²) in [7, 11) is 0. The highest BCUT2D eigenvalue weighted by Crippen LogP contribution is 2.46. The van der Waals surface area contributed by atoms with Crippen LogP contribution in [-0.4, -0.2) is 145 Å². The van der Waals surface area contributed by atoms with E-state index in [2.05, 4.69) is 31.9 Å². The number of aliphatic hydroxyl groups excluding tert-OH is 3. The summed E-state index contributed by atoms with van der Waals surface area (Å²) >= 11 is 0. The molecule has 0 saturated carbocycles. The monoisotopic (exact) mass is 1070 g/mol. The Kier molecular flexibility index (Phi) is 16.5. The Morgan fingerprint density at radius 2 is 1.58 bits per heavy atom. The average molecular weight is 1070 g/mol. The molecule has 410 valence electrons. The number of rotatable bonds is 19. The van der Waals surface area contributed by atoms with Crippen molar-refractivity contribution >= 4 is 58.3 Å².